The van der Waals surface area contributed by atoms with E-state index < -0.39 is 42.6 Å². The van der Waals surface area contributed by atoms with Gasteiger partial charge in [-0.1, -0.05) is 0 Å². The molecule has 0 amide bonds. The van der Waals surface area contributed by atoms with Crippen molar-refractivity contribution in [2.75, 3.05) is 6.61 Å². The number of carbonyl (C=O) groups is 1. The molecule has 5 atom stereocenters. The number of ether oxygens (including phenoxy) is 1. The van der Waals surface area contributed by atoms with Crippen LogP contribution in [-0.2, 0) is 9.53 Å². The van der Waals surface area contributed by atoms with Crippen molar-refractivity contribution in [2.45, 2.75) is 37.1 Å². The van der Waals surface area contributed by atoms with Crippen molar-refractivity contribution in [3.05, 3.63) is 0 Å². The molecule has 1 saturated heterocycles. The molecular formula is C8H14O7. The zero-order valence-electron chi connectivity index (χ0n) is 8.07. The van der Waals surface area contributed by atoms with Gasteiger partial charge in [-0.15, -0.1) is 0 Å². The summed E-state index contributed by atoms with van der Waals surface area (Å²) < 4.78 is 4.68. The third kappa shape index (κ3) is 1.89. The van der Waals surface area contributed by atoms with Crippen molar-refractivity contribution in [3.63, 3.8) is 0 Å². The fourth-order valence-electron chi connectivity index (χ4n) is 1.44. The van der Waals surface area contributed by atoms with Crippen LogP contribution >= 0.6 is 0 Å². The SMILES string of the molecule is CC(=O)[C@@]1(O)O[C@H](CO)[C@@H](O)[C@H](O)[C@H]1O. The monoisotopic (exact) mass is 222 g/mol. The van der Waals surface area contributed by atoms with E-state index in [2.05, 4.69) is 4.74 Å². The maximum absolute atomic E-state index is 11.0. The fraction of sp³-hybridized carbons (Fsp3) is 0.875. The molecule has 0 spiro atoms. The predicted octanol–water partition coefficient (Wildman–Crippen LogP) is -3.26. The Labute approximate surface area is 85.5 Å². The molecule has 1 fully saturated rings. The van der Waals surface area contributed by atoms with Crippen LogP contribution in [0.2, 0.25) is 0 Å². The van der Waals surface area contributed by atoms with Crippen molar-refractivity contribution >= 4 is 5.78 Å². The zero-order chi connectivity index (χ0) is 11.8. The van der Waals surface area contributed by atoms with E-state index in [1.165, 1.54) is 0 Å². The molecule has 0 radical (unpaired) electrons. The maximum atomic E-state index is 11.0. The molecule has 1 heterocycles. The number of hydrogen-bond donors (Lipinski definition) is 5. The summed E-state index contributed by atoms with van der Waals surface area (Å²) in [5.74, 6) is -3.51. The molecule has 1 aliphatic rings. The van der Waals surface area contributed by atoms with Gasteiger partial charge in [-0.3, -0.25) is 4.79 Å². The van der Waals surface area contributed by atoms with Gasteiger partial charge >= 0.3 is 0 Å². The van der Waals surface area contributed by atoms with Gasteiger partial charge in [-0.2, -0.15) is 0 Å². The lowest BCUT2D eigenvalue weighted by atomic mass is 9.90. The van der Waals surface area contributed by atoms with E-state index in [1.807, 2.05) is 0 Å². The van der Waals surface area contributed by atoms with E-state index >= 15 is 0 Å². The Morgan fingerprint density at radius 3 is 2.27 bits per heavy atom. The van der Waals surface area contributed by atoms with Crippen molar-refractivity contribution in [3.8, 4) is 0 Å². The van der Waals surface area contributed by atoms with Crippen molar-refractivity contribution in [1.29, 1.82) is 0 Å². The molecule has 88 valence electrons. The molecule has 15 heavy (non-hydrogen) atoms. The minimum absolute atomic E-state index is 0.694. The van der Waals surface area contributed by atoms with Crippen LogP contribution in [0.25, 0.3) is 0 Å². The van der Waals surface area contributed by atoms with Crippen LogP contribution in [0.4, 0.5) is 0 Å². The van der Waals surface area contributed by atoms with E-state index in [9.17, 15) is 25.2 Å². The molecule has 0 aromatic carbocycles. The van der Waals surface area contributed by atoms with Crippen molar-refractivity contribution < 1.29 is 35.1 Å². The molecular weight excluding hydrogens is 208 g/mol. The molecule has 0 aromatic heterocycles. The average Bonchev–Trinajstić information content (AvgIpc) is 2.20. The lowest BCUT2D eigenvalue weighted by Crippen LogP contribution is -2.67. The number of ketones is 1. The summed E-state index contributed by atoms with van der Waals surface area (Å²) in [5.41, 5.74) is 0. The highest BCUT2D eigenvalue weighted by Gasteiger charge is 2.55. The van der Waals surface area contributed by atoms with Crippen LogP contribution in [0, 0.1) is 0 Å². The molecule has 1 aliphatic heterocycles. The quantitative estimate of drug-likeness (QED) is 0.332. The molecule has 7 heteroatoms. The largest absolute Gasteiger partial charge is 0.394 e. The predicted molar refractivity (Wildman–Crippen MR) is 45.6 cm³/mol. The minimum atomic E-state index is -2.59. The van der Waals surface area contributed by atoms with Gasteiger partial charge in [-0.25, -0.2) is 0 Å². The third-order valence-corrected chi connectivity index (χ3v) is 2.47. The standard InChI is InChI=1S/C8H14O7/c1-3(10)8(14)7(13)6(12)5(11)4(2-9)15-8/h4-7,9,11-14H,2H2,1H3/t4-,5-,6+,7-,8-/m1/s1. The first-order chi connectivity index (χ1) is 6.84. The maximum Gasteiger partial charge on any atom is 0.256 e. The first kappa shape index (κ1) is 12.5. The van der Waals surface area contributed by atoms with Crippen LogP contribution < -0.4 is 0 Å². The molecule has 0 saturated carbocycles. The van der Waals surface area contributed by atoms with Gasteiger partial charge in [-0.05, 0) is 0 Å². The fourth-order valence-corrected chi connectivity index (χ4v) is 1.44. The third-order valence-electron chi connectivity index (χ3n) is 2.47. The Morgan fingerprint density at radius 1 is 1.33 bits per heavy atom. The summed E-state index contributed by atoms with van der Waals surface area (Å²) in [6.07, 6.45) is -6.60. The van der Waals surface area contributed by atoms with Crippen LogP contribution in [0.1, 0.15) is 6.92 Å². The number of aliphatic hydroxyl groups is 5. The first-order valence-electron chi connectivity index (χ1n) is 4.41. The lowest BCUT2D eigenvalue weighted by molar-refractivity contribution is -0.330. The summed E-state index contributed by atoms with van der Waals surface area (Å²) in [6.45, 7) is 0.266. The molecule has 0 aromatic rings. The molecule has 7 nitrogen and oxygen atoms in total. The van der Waals surface area contributed by atoms with E-state index in [1.54, 1.807) is 0 Å². The second kappa shape index (κ2) is 4.12. The molecule has 0 unspecified atom stereocenters. The van der Waals surface area contributed by atoms with E-state index in [4.69, 9.17) is 5.11 Å². The second-order valence-corrected chi connectivity index (χ2v) is 3.52. The normalized spacial score (nSPS) is 46.5. The number of rotatable bonds is 2. The Balaban J connectivity index is 2.97. The first-order valence-corrected chi connectivity index (χ1v) is 4.41. The van der Waals surface area contributed by atoms with E-state index in [0.29, 0.717) is 0 Å². The summed E-state index contributed by atoms with van der Waals surface area (Å²) in [5, 5.41) is 46.4. The van der Waals surface area contributed by atoms with Crippen molar-refractivity contribution in [2.24, 2.45) is 0 Å². The number of carbonyl (C=O) groups excluding carboxylic acids is 1. The minimum Gasteiger partial charge on any atom is -0.394 e. The average molecular weight is 222 g/mol. The van der Waals surface area contributed by atoms with Gasteiger partial charge in [0.1, 0.15) is 24.4 Å². The van der Waals surface area contributed by atoms with Gasteiger partial charge in [0.05, 0.1) is 6.61 Å². The van der Waals surface area contributed by atoms with Gasteiger partial charge in [0.25, 0.3) is 5.79 Å². The smallest absolute Gasteiger partial charge is 0.256 e. The van der Waals surface area contributed by atoms with Gasteiger partial charge in [0.15, 0.2) is 5.78 Å². The van der Waals surface area contributed by atoms with Crippen LogP contribution in [0.15, 0.2) is 0 Å². The van der Waals surface area contributed by atoms with Gasteiger partial charge in [0, 0.05) is 6.92 Å². The Hall–Kier alpha value is -0.570. The van der Waals surface area contributed by atoms with E-state index in [-0.39, 0.29) is 0 Å². The number of hydrogen-bond acceptors (Lipinski definition) is 7. The number of aliphatic hydroxyl groups excluding tert-OH is 4. The lowest BCUT2D eigenvalue weighted by Gasteiger charge is -2.43. The summed E-state index contributed by atoms with van der Waals surface area (Å²) in [7, 11) is 0. The zero-order valence-corrected chi connectivity index (χ0v) is 8.07. The number of Topliss-reactive ketones (excluding diaryl/α,β-unsaturated/α-hetero) is 1. The van der Waals surface area contributed by atoms with Gasteiger partial charge in [0.2, 0.25) is 0 Å². The Bertz CT molecular complexity index is 253. The van der Waals surface area contributed by atoms with Crippen LogP contribution in [0.5, 0.6) is 0 Å². The van der Waals surface area contributed by atoms with Gasteiger partial charge < -0.3 is 30.3 Å². The summed E-state index contributed by atoms with van der Waals surface area (Å²) >= 11 is 0. The highest BCUT2D eigenvalue weighted by Crippen LogP contribution is 2.28. The van der Waals surface area contributed by atoms with Crippen LogP contribution in [-0.4, -0.2) is 68.1 Å². The van der Waals surface area contributed by atoms with E-state index in [0.717, 1.165) is 6.92 Å². The highest BCUT2D eigenvalue weighted by atomic mass is 16.7. The van der Waals surface area contributed by atoms with Crippen molar-refractivity contribution in [1.82, 2.24) is 0 Å². The molecule has 5 N–H and O–H groups in total. The molecule has 1 rings (SSSR count). The summed E-state index contributed by atoms with van der Waals surface area (Å²) in [4.78, 5) is 11.0. The second-order valence-electron chi connectivity index (χ2n) is 3.52. The Kier molecular flexibility index (Phi) is 3.44. The summed E-state index contributed by atoms with van der Waals surface area (Å²) in [6, 6.07) is 0. The highest BCUT2D eigenvalue weighted by molar-refractivity contribution is 5.84. The Morgan fingerprint density at radius 2 is 1.87 bits per heavy atom. The van der Waals surface area contributed by atoms with Crippen LogP contribution in [0.3, 0.4) is 0 Å². The molecule has 0 aliphatic carbocycles. The molecule has 0 bridgehead atoms. The topological polar surface area (TPSA) is 127 Å².